The highest BCUT2D eigenvalue weighted by molar-refractivity contribution is 4.97. The summed E-state index contributed by atoms with van der Waals surface area (Å²) in [4.78, 5) is 0. The molecule has 1 aliphatic heterocycles. The monoisotopic (exact) mass is 236 g/mol. The predicted octanol–water partition coefficient (Wildman–Crippen LogP) is 2.10. The lowest BCUT2D eigenvalue weighted by molar-refractivity contribution is 0.437. The quantitative estimate of drug-likeness (QED) is 0.874. The number of aromatic nitrogens is 3. The van der Waals surface area contributed by atoms with Crippen LogP contribution in [0.2, 0.25) is 0 Å². The number of nitrogens with one attached hydrogen (secondary N) is 1. The topological polar surface area (TPSA) is 42.7 Å². The van der Waals surface area contributed by atoms with E-state index in [0.29, 0.717) is 6.04 Å². The summed E-state index contributed by atoms with van der Waals surface area (Å²) in [7, 11) is 0. The van der Waals surface area contributed by atoms with Gasteiger partial charge >= 0.3 is 0 Å². The predicted molar refractivity (Wildman–Crippen MR) is 69.1 cm³/mol. The van der Waals surface area contributed by atoms with Crippen LogP contribution in [0, 0.1) is 12.8 Å². The summed E-state index contributed by atoms with van der Waals surface area (Å²) in [5.74, 6) is 2.98. The molecule has 4 nitrogen and oxygen atoms in total. The molecule has 1 fully saturated rings. The largest absolute Gasteiger partial charge is 0.317 e. The number of hydrogen-bond donors (Lipinski definition) is 1. The van der Waals surface area contributed by atoms with Gasteiger partial charge in [-0.1, -0.05) is 0 Å². The molecule has 1 atom stereocenters. The van der Waals surface area contributed by atoms with E-state index in [2.05, 4.69) is 33.9 Å². The third-order valence-corrected chi connectivity index (χ3v) is 3.62. The molecule has 1 aromatic rings. The van der Waals surface area contributed by atoms with Crippen molar-refractivity contribution in [2.45, 2.75) is 52.5 Å². The molecule has 4 heteroatoms. The van der Waals surface area contributed by atoms with Crippen LogP contribution < -0.4 is 5.32 Å². The van der Waals surface area contributed by atoms with Crippen LogP contribution in [0.3, 0.4) is 0 Å². The zero-order chi connectivity index (χ0) is 12.3. The van der Waals surface area contributed by atoms with E-state index in [0.717, 1.165) is 24.7 Å². The summed E-state index contributed by atoms with van der Waals surface area (Å²) in [5.41, 5.74) is 0. The van der Waals surface area contributed by atoms with E-state index in [4.69, 9.17) is 0 Å². The summed E-state index contributed by atoms with van der Waals surface area (Å²) in [6.07, 6.45) is 4.96. The van der Waals surface area contributed by atoms with E-state index >= 15 is 0 Å². The zero-order valence-electron chi connectivity index (χ0n) is 11.2. The second-order valence-corrected chi connectivity index (χ2v) is 5.38. The summed E-state index contributed by atoms with van der Waals surface area (Å²) in [5, 5.41) is 12.0. The van der Waals surface area contributed by atoms with Crippen LogP contribution in [0.25, 0.3) is 0 Å². The van der Waals surface area contributed by atoms with E-state index in [1.165, 1.54) is 31.6 Å². The molecule has 1 N–H and O–H groups in total. The van der Waals surface area contributed by atoms with E-state index < -0.39 is 0 Å². The van der Waals surface area contributed by atoms with Crippen molar-refractivity contribution in [3.63, 3.8) is 0 Å². The molecular formula is C13H24N4. The van der Waals surface area contributed by atoms with Gasteiger partial charge in [0, 0.05) is 12.5 Å². The van der Waals surface area contributed by atoms with Gasteiger partial charge in [-0.2, -0.15) is 0 Å². The molecule has 2 heterocycles. The zero-order valence-corrected chi connectivity index (χ0v) is 11.2. The lowest BCUT2D eigenvalue weighted by Gasteiger charge is -2.16. The summed E-state index contributed by atoms with van der Waals surface area (Å²) in [6.45, 7) is 8.78. The highest BCUT2D eigenvalue weighted by atomic mass is 15.3. The Hall–Kier alpha value is -0.900. The third kappa shape index (κ3) is 3.06. The number of nitrogens with zero attached hydrogens (tertiary/aromatic N) is 3. The van der Waals surface area contributed by atoms with Gasteiger partial charge in [0.15, 0.2) is 0 Å². The van der Waals surface area contributed by atoms with Crippen molar-refractivity contribution in [3.8, 4) is 0 Å². The smallest absolute Gasteiger partial charge is 0.133 e. The van der Waals surface area contributed by atoms with Gasteiger partial charge < -0.3 is 9.88 Å². The van der Waals surface area contributed by atoms with E-state index in [1.807, 2.05) is 6.92 Å². The van der Waals surface area contributed by atoms with Crippen molar-refractivity contribution >= 4 is 0 Å². The van der Waals surface area contributed by atoms with Gasteiger partial charge in [0.2, 0.25) is 0 Å². The molecule has 0 bridgehead atoms. The Morgan fingerprint density at radius 3 is 2.88 bits per heavy atom. The molecule has 96 valence electrons. The van der Waals surface area contributed by atoms with Gasteiger partial charge in [-0.3, -0.25) is 0 Å². The third-order valence-electron chi connectivity index (χ3n) is 3.62. The summed E-state index contributed by atoms with van der Waals surface area (Å²) in [6, 6.07) is 0.462. The lowest BCUT2D eigenvalue weighted by Crippen LogP contribution is -2.16. The van der Waals surface area contributed by atoms with Crippen LogP contribution in [-0.2, 0) is 6.42 Å². The molecular weight excluding hydrogens is 212 g/mol. The fourth-order valence-electron chi connectivity index (χ4n) is 2.78. The molecule has 0 aliphatic carbocycles. The van der Waals surface area contributed by atoms with Crippen molar-refractivity contribution in [3.05, 3.63) is 11.6 Å². The minimum atomic E-state index is 0.462. The standard InChI is InChI=1S/C13H24N4/c1-10(2)17-11(3)15-16-13(17)9-12-5-4-7-14-8-6-12/h10,12,14H,4-9H2,1-3H3. The fourth-order valence-corrected chi connectivity index (χ4v) is 2.78. The van der Waals surface area contributed by atoms with Crippen LogP contribution in [0.1, 0.15) is 50.8 Å². The van der Waals surface area contributed by atoms with Crippen LogP contribution in [0.4, 0.5) is 0 Å². The van der Waals surface area contributed by atoms with Crippen molar-refractivity contribution < 1.29 is 0 Å². The van der Waals surface area contributed by atoms with E-state index in [1.54, 1.807) is 0 Å². The molecule has 1 aromatic heterocycles. The first-order valence-corrected chi connectivity index (χ1v) is 6.79. The van der Waals surface area contributed by atoms with Gasteiger partial charge in [-0.15, -0.1) is 10.2 Å². The van der Waals surface area contributed by atoms with Crippen molar-refractivity contribution in [2.75, 3.05) is 13.1 Å². The first-order chi connectivity index (χ1) is 8.18. The normalized spacial score (nSPS) is 21.8. The highest BCUT2D eigenvalue weighted by Gasteiger charge is 2.18. The summed E-state index contributed by atoms with van der Waals surface area (Å²) < 4.78 is 2.28. The second kappa shape index (κ2) is 5.63. The van der Waals surface area contributed by atoms with E-state index in [-0.39, 0.29) is 0 Å². The van der Waals surface area contributed by atoms with Crippen molar-refractivity contribution in [2.24, 2.45) is 5.92 Å². The molecule has 1 aliphatic rings. The number of aryl methyl sites for hydroxylation is 1. The Kier molecular flexibility index (Phi) is 4.15. The molecule has 0 radical (unpaired) electrons. The van der Waals surface area contributed by atoms with Crippen molar-refractivity contribution in [1.29, 1.82) is 0 Å². The van der Waals surface area contributed by atoms with Gasteiger partial charge in [0.05, 0.1) is 0 Å². The van der Waals surface area contributed by atoms with Gasteiger partial charge in [0.25, 0.3) is 0 Å². The van der Waals surface area contributed by atoms with Crippen LogP contribution in [-0.4, -0.2) is 27.9 Å². The Balaban J connectivity index is 2.06. The minimum Gasteiger partial charge on any atom is -0.317 e. The minimum absolute atomic E-state index is 0.462. The molecule has 0 spiro atoms. The molecule has 0 saturated carbocycles. The van der Waals surface area contributed by atoms with Crippen LogP contribution >= 0.6 is 0 Å². The second-order valence-electron chi connectivity index (χ2n) is 5.38. The Labute approximate surface area is 104 Å². The van der Waals surface area contributed by atoms with Crippen LogP contribution in [0.15, 0.2) is 0 Å². The van der Waals surface area contributed by atoms with E-state index in [9.17, 15) is 0 Å². The average molecular weight is 236 g/mol. The fraction of sp³-hybridized carbons (Fsp3) is 0.846. The molecule has 17 heavy (non-hydrogen) atoms. The molecule has 0 amide bonds. The number of hydrogen-bond acceptors (Lipinski definition) is 3. The SMILES string of the molecule is Cc1nnc(CC2CCCNCC2)n1C(C)C. The molecule has 1 saturated heterocycles. The maximum atomic E-state index is 4.35. The molecule has 0 aromatic carbocycles. The maximum absolute atomic E-state index is 4.35. The Morgan fingerprint density at radius 1 is 1.29 bits per heavy atom. The van der Waals surface area contributed by atoms with Gasteiger partial charge in [-0.25, -0.2) is 0 Å². The lowest BCUT2D eigenvalue weighted by atomic mass is 9.96. The highest BCUT2D eigenvalue weighted by Crippen LogP contribution is 2.20. The Bertz CT molecular complexity index is 348. The molecule has 2 rings (SSSR count). The molecule has 1 unspecified atom stereocenters. The van der Waals surface area contributed by atoms with Crippen molar-refractivity contribution in [1.82, 2.24) is 20.1 Å². The average Bonchev–Trinajstić information content (AvgIpc) is 2.51. The first kappa shape index (κ1) is 12.6. The van der Waals surface area contributed by atoms with Crippen LogP contribution in [0.5, 0.6) is 0 Å². The summed E-state index contributed by atoms with van der Waals surface area (Å²) >= 11 is 0. The number of rotatable bonds is 3. The maximum Gasteiger partial charge on any atom is 0.133 e. The van der Waals surface area contributed by atoms with Gasteiger partial charge in [0.1, 0.15) is 11.6 Å². The van der Waals surface area contributed by atoms with Gasteiger partial charge in [-0.05, 0) is 59.0 Å². The Morgan fingerprint density at radius 2 is 2.12 bits per heavy atom. The first-order valence-electron chi connectivity index (χ1n) is 6.79.